The highest BCUT2D eigenvalue weighted by atomic mass is 32.2. The van der Waals surface area contributed by atoms with Gasteiger partial charge in [0.1, 0.15) is 0 Å². The number of nitro groups is 1. The summed E-state index contributed by atoms with van der Waals surface area (Å²) in [7, 11) is 0. The quantitative estimate of drug-likeness (QED) is 0.434. The average Bonchev–Trinajstić information content (AvgIpc) is 3.03. The number of non-ortho nitro benzene ring substituents is 1. The standard InChI is InChI=1S/C16H13N3O2S/c20-19(21)14-8-6-12(7-9-14)11-22-16-17-10-15(18-16)13-4-2-1-3-5-13/h1-10H,11H2,(H,17,18). The summed E-state index contributed by atoms with van der Waals surface area (Å²) in [5.41, 5.74) is 3.20. The van der Waals surface area contributed by atoms with Crippen LogP contribution in [0.15, 0.2) is 66.0 Å². The summed E-state index contributed by atoms with van der Waals surface area (Å²) in [6, 6.07) is 16.6. The fourth-order valence-electron chi connectivity index (χ4n) is 2.01. The molecular weight excluding hydrogens is 298 g/mol. The monoisotopic (exact) mass is 311 g/mol. The van der Waals surface area contributed by atoms with Gasteiger partial charge in [-0.1, -0.05) is 54.2 Å². The lowest BCUT2D eigenvalue weighted by Gasteiger charge is -1.99. The van der Waals surface area contributed by atoms with Crippen LogP contribution < -0.4 is 0 Å². The van der Waals surface area contributed by atoms with E-state index in [1.807, 2.05) is 36.5 Å². The van der Waals surface area contributed by atoms with Crippen molar-refractivity contribution >= 4 is 17.4 Å². The van der Waals surface area contributed by atoms with Crippen LogP contribution in [0.4, 0.5) is 5.69 Å². The molecule has 0 saturated heterocycles. The van der Waals surface area contributed by atoms with E-state index < -0.39 is 4.92 Å². The van der Waals surface area contributed by atoms with Crippen molar-refractivity contribution in [2.75, 3.05) is 0 Å². The Morgan fingerprint density at radius 2 is 1.82 bits per heavy atom. The Kier molecular flexibility index (Phi) is 4.20. The highest BCUT2D eigenvalue weighted by Gasteiger charge is 2.06. The number of nitrogens with one attached hydrogen (secondary N) is 1. The number of nitro benzene ring substituents is 1. The van der Waals surface area contributed by atoms with E-state index in [0.717, 1.165) is 22.0 Å². The summed E-state index contributed by atoms with van der Waals surface area (Å²) in [5.74, 6) is 0.708. The van der Waals surface area contributed by atoms with Crippen molar-refractivity contribution in [2.24, 2.45) is 0 Å². The maximum absolute atomic E-state index is 10.6. The van der Waals surface area contributed by atoms with E-state index in [1.54, 1.807) is 23.9 Å². The van der Waals surface area contributed by atoms with Gasteiger partial charge in [0.15, 0.2) is 5.16 Å². The highest BCUT2D eigenvalue weighted by molar-refractivity contribution is 7.98. The van der Waals surface area contributed by atoms with Crippen molar-refractivity contribution in [3.63, 3.8) is 0 Å². The first-order valence-corrected chi connectivity index (χ1v) is 7.67. The predicted octanol–water partition coefficient (Wildman–Crippen LogP) is 4.28. The van der Waals surface area contributed by atoms with Crippen molar-refractivity contribution in [2.45, 2.75) is 10.9 Å². The van der Waals surface area contributed by atoms with Gasteiger partial charge in [0, 0.05) is 17.9 Å². The Bertz CT molecular complexity index is 770. The smallest absolute Gasteiger partial charge is 0.269 e. The molecule has 1 N–H and O–H groups in total. The zero-order valence-corrected chi connectivity index (χ0v) is 12.4. The van der Waals surface area contributed by atoms with Crippen LogP contribution in [0, 0.1) is 10.1 Å². The molecule has 0 unspecified atom stereocenters. The van der Waals surface area contributed by atoms with Crippen LogP contribution in [0.5, 0.6) is 0 Å². The van der Waals surface area contributed by atoms with E-state index in [4.69, 9.17) is 0 Å². The van der Waals surface area contributed by atoms with Crippen LogP contribution in [0.3, 0.4) is 0 Å². The molecule has 0 radical (unpaired) electrons. The largest absolute Gasteiger partial charge is 0.333 e. The highest BCUT2D eigenvalue weighted by Crippen LogP contribution is 2.24. The Morgan fingerprint density at radius 1 is 1.09 bits per heavy atom. The number of rotatable bonds is 5. The molecular formula is C16H13N3O2S. The van der Waals surface area contributed by atoms with E-state index >= 15 is 0 Å². The summed E-state index contributed by atoms with van der Waals surface area (Å²) >= 11 is 1.57. The average molecular weight is 311 g/mol. The third kappa shape index (κ3) is 3.35. The molecule has 6 heteroatoms. The van der Waals surface area contributed by atoms with Crippen LogP contribution in [0.25, 0.3) is 11.3 Å². The van der Waals surface area contributed by atoms with Gasteiger partial charge < -0.3 is 4.98 Å². The van der Waals surface area contributed by atoms with Crippen LogP contribution >= 0.6 is 11.8 Å². The molecule has 0 aliphatic heterocycles. The third-order valence-corrected chi connectivity index (χ3v) is 4.12. The van der Waals surface area contributed by atoms with Crippen molar-refractivity contribution in [1.82, 2.24) is 9.97 Å². The topological polar surface area (TPSA) is 71.8 Å². The van der Waals surface area contributed by atoms with Gasteiger partial charge in [-0.2, -0.15) is 0 Å². The number of nitrogens with zero attached hydrogens (tertiary/aromatic N) is 2. The molecule has 0 atom stereocenters. The zero-order valence-electron chi connectivity index (χ0n) is 11.6. The molecule has 5 nitrogen and oxygen atoms in total. The van der Waals surface area contributed by atoms with E-state index in [9.17, 15) is 10.1 Å². The summed E-state index contributed by atoms with van der Waals surface area (Å²) in [6.07, 6.45) is 1.81. The summed E-state index contributed by atoms with van der Waals surface area (Å²) < 4.78 is 0. The van der Waals surface area contributed by atoms with Crippen LogP contribution in [0.2, 0.25) is 0 Å². The maximum atomic E-state index is 10.6. The van der Waals surface area contributed by atoms with Gasteiger partial charge in [-0.25, -0.2) is 4.98 Å². The minimum Gasteiger partial charge on any atom is -0.333 e. The predicted molar refractivity (Wildman–Crippen MR) is 86.7 cm³/mol. The Hall–Kier alpha value is -2.60. The van der Waals surface area contributed by atoms with E-state index in [1.165, 1.54) is 12.1 Å². The van der Waals surface area contributed by atoms with Crippen LogP contribution in [-0.2, 0) is 5.75 Å². The number of H-pyrrole nitrogens is 1. The molecule has 0 aliphatic rings. The number of aromatic nitrogens is 2. The fourth-order valence-corrected chi connectivity index (χ4v) is 2.81. The minimum atomic E-state index is -0.393. The first-order valence-electron chi connectivity index (χ1n) is 6.69. The molecule has 2 aromatic carbocycles. The Balaban J connectivity index is 1.65. The van der Waals surface area contributed by atoms with Gasteiger partial charge in [0.2, 0.25) is 0 Å². The Morgan fingerprint density at radius 3 is 2.50 bits per heavy atom. The second kappa shape index (κ2) is 6.44. The van der Waals surface area contributed by atoms with Gasteiger partial charge in [0.25, 0.3) is 5.69 Å². The number of imidazole rings is 1. The lowest BCUT2D eigenvalue weighted by atomic mass is 10.2. The summed E-state index contributed by atoms with van der Waals surface area (Å²) in [4.78, 5) is 17.8. The van der Waals surface area contributed by atoms with Crippen molar-refractivity contribution in [3.8, 4) is 11.3 Å². The molecule has 3 aromatic rings. The van der Waals surface area contributed by atoms with E-state index in [0.29, 0.717) is 5.75 Å². The van der Waals surface area contributed by atoms with Crippen molar-refractivity contribution in [3.05, 3.63) is 76.5 Å². The minimum absolute atomic E-state index is 0.109. The lowest BCUT2D eigenvalue weighted by molar-refractivity contribution is -0.384. The maximum Gasteiger partial charge on any atom is 0.269 e. The summed E-state index contributed by atoms with van der Waals surface area (Å²) in [5, 5.41) is 11.4. The molecule has 0 amide bonds. The molecule has 0 bridgehead atoms. The van der Waals surface area contributed by atoms with E-state index in [2.05, 4.69) is 9.97 Å². The molecule has 0 fully saturated rings. The fraction of sp³-hybridized carbons (Fsp3) is 0.0625. The molecule has 0 saturated carbocycles. The first kappa shape index (κ1) is 14.3. The third-order valence-electron chi connectivity index (χ3n) is 3.16. The lowest BCUT2D eigenvalue weighted by Crippen LogP contribution is -1.88. The van der Waals surface area contributed by atoms with Crippen molar-refractivity contribution < 1.29 is 4.92 Å². The second-order valence-corrected chi connectivity index (χ2v) is 5.64. The zero-order chi connectivity index (χ0) is 15.4. The van der Waals surface area contributed by atoms with Gasteiger partial charge in [0.05, 0.1) is 16.8 Å². The first-order chi connectivity index (χ1) is 10.7. The molecule has 1 aromatic heterocycles. The van der Waals surface area contributed by atoms with Gasteiger partial charge in [-0.3, -0.25) is 10.1 Å². The normalized spacial score (nSPS) is 10.5. The van der Waals surface area contributed by atoms with Gasteiger partial charge in [-0.05, 0) is 11.1 Å². The van der Waals surface area contributed by atoms with Gasteiger partial charge in [-0.15, -0.1) is 0 Å². The molecule has 0 spiro atoms. The van der Waals surface area contributed by atoms with E-state index in [-0.39, 0.29) is 5.69 Å². The van der Waals surface area contributed by atoms with Crippen molar-refractivity contribution in [1.29, 1.82) is 0 Å². The summed E-state index contributed by atoms with van der Waals surface area (Å²) in [6.45, 7) is 0. The molecule has 110 valence electrons. The van der Waals surface area contributed by atoms with Gasteiger partial charge >= 0.3 is 0 Å². The number of benzene rings is 2. The molecule has 1 heterocycles. The number of hydrogen-bond acceptors (Lipinski definition) is 4. The van der Waals surface area contributed by atoms with Crippen LogP contribution in [-0.4, -0.2) is 14.9 Å². The molecule has 0 aliphatic carbocycles. The number of thioether (sulfide) groups is 1. The van der Waals surface area contributed by atoms with Crippen LogP contribution in [0.1, 0.15) is 5.56 Å². The SMILES string of the molecule is O=[N+]([O-])c1ccc(CSc2ncc(-c3ccccc3)[nH]2)cc1. The Labute approximate surface area is 131 Å². The number of aromatic amines is 1. The second-order valence-electron chi connectivity index (χ2n) is 4.68. The molecule has 3 rings (SSSR count). The number of hydrogen-bond donors (Lipinski definition) is 1. The molecule has 22 heavy (non-hydrogen) atoms.